The van der Waals surface area contributed by atoms with E-state index in [1.54, 1.807) is 11.0 Å². The monoisotopic (exact) mass is 359 g/mol. The molecule has 0 saturated carbocycles. The maximum absolute atomic E-state index is 13.9. The Labute approximate surface area is 132 Å². The smallest absolute Gasteiger partial charge is 0.256 e. The zero-order chi connectivity index (χ0) is 15.2. The lowest BCUT2D eigenvalue weighted by molar-refractivity contribution is 0.0158. The van der Waals surface area contributed by atoms with E-state index in [1.807, 2.05) is 0 Å². The quantitative estimate of drug-likeness (QED) is 0.758. The summed E-state index contributed by atoms with van der Waals surface area (Å²) >= 11 is 3.32. The summed E-state index contributed by atoms with van der Waals surface area (Å²) < 4.78 is 24.5. The summed E-state index contributed by atoms with van der Waals surface area (Å²) in [5.74, 6) is -0.406. The molecular weight excluding hydrogens is 341 g/mol. The van der Waals surface area contributed by atoms with Gasteiger partial charge in [0.15, 0.2) is 0 Å². The number of amides is 1. The number of carbonyl (C=O) groups excluding carboxylic acids is 1. The van der Waals surface area contributed by atoms with Crippen molar-refractivity contribution in [1.29, 1.82) is 0 Å². The van der Waals surface area contributed by atoms with Gasteiger partial charge in [0, 0.05) is 24.5 Å². The molecule has 6 heteroatoms. The molecule has 0 atom stereocenters. The van der Waals surface area contributed by atoms with Crippen molar-refractivity contribution in [3.63, 3.8) is 0 Å². The van der Waals surface area contributed by atoms with E-state index in [2.05, 4.69) is 15.9 Å². The van der Waals surface area contributed by atoms with Crippen LogP contribution in [0.5, 0.6) is 5.75 Å². The van der Waals surface area contributed by atoms with Gasteiger partial charge in [-0.15, -0.1) is 0 Å². The van der Waals surface area contributed by atoms with Crippen molar-refractivity contribution in [2.24, 2.45) is 0 Å². The zero-order valence-corrected chi connectivity index (χ0v) is 13.6. The number of methoxy groups -OCH3 is 1. The van der Waals surface area contributed by atoms with Gasteiger partial charge in [-0.3, -0.25) is 4.79 Å². The fourth-order valence-corrected chi connectivity index (χ4v) is 2.59. The first-order valence-corrected chi connectivity index (χ1v) is 8.08. The molecule has 1 aliphatic rings. The predicted molar refractivity (Wildman–Crippen MR) is 81.6 cm³/mol. The van der Waals surface area contributed by atoms with Gasteiger partial charge in [-0.05, 0) is 25.0 Å². The second kappa shape index (κ2) is 7.75. The average Bonchev–Trinajstić information content (AvgIpc) is 2.52. The van der Waals surface area contributed by atoms with E-state index in [0.717, 1.165) is 18.2 Å². The molecular formula is C15H19BrFNO3. The highest BCUT2D eigenvalue weighted by molar-refractivity contribution is 9.09. The van der Waals surface area contributed by atoms with Crippen LogP contribution in [0.25, 0.3) is 0 Å². The number of hydrogen-bond acceptors (Lipinski definition) is 3. The molecule has 1 fully saturated rings. The van der Waals surface area contributed by atoms with Crippen molar-refractivity contribution in [2.45, 2.75) is 18.9 Å². The summed E-state index contributed by atoms with van der Waals surface area (Å²) in [6.45, 7) is 1.86. The van der Waals surface area contributed by atoms with E-state index in [4.69, 9.17) is 9.47 Å². The van der Waals surface area contributed by atoms with Crippen LogP contribution in [0.2, 0.25) is 0 Å². The van der Waals surface area contributed by atoms with Crippen LogP contribution in [0.1, 0.15) is 23.2 Å². The maximum atomic E-state index is 13.9. The standard InChI is InChI=1S/C15H19BrFNO3/c1-20-12-2-3-13(14(17)10-12)15(19)18-7-4-11(5-8-18)21-9-6-16/h2-3,10-11H,4-9H2,1H3. The predicted octanol–water partition coefficient (Wildman–Crippen LogP) is 2.85. The molecule has 21 heavy (non-hydrogen) atoms. The molecule has 1 amide bonds. The van der Waals surface area contributed by atoms with Gasteiger partial charge in [-0.25, -0.2) is 4.39 Å². The van der Waals surface area contributed by atoms with Crippen LogP contribution < -0.4 is 4.74 Å². The Kier molecular flexibility index (Phi) is 5.99. The van der Waals surface area contributed by atoms with E-state index in [9.17, 15) is 9.18 Å². The normalized spacial score (nSPS) is 16.0. The molecule has 1 heterocycles. The molecule has 1 aromatic rings. The fraction of sp³-hybridized carbons (Fsp3) is 0.533. The molecule has 0 radical (unpaired) electrons. The minimum absolute atomic E-state index is 0.0932. The average molecular weight is 360 g/mol. The first-order valence-electron chi connectivity index (χ1n) is 6.96. The lowest BCUT2D eigenvalue weighted by Gasteiger charge is -2.32. The molecule has 0 aliphatic carbocycles. The van der Waals surface area contributed by atoms with Gasteiger partial charge in [-0.2, -0.15) is 0 Å². The molecule has 1 aromatic carbocycles. The Morgan fingerprint density at radius 2 is 2.14 bits per heavy atom. The number of hydrogen-bond donors (Lipinski definition) is 0. The summed E-state index contributed by atoms with van der Waals surface area (Å²) in [6.07, 6.45) is 1.76. The van der Waals surface area contributed by atoms with Crippen molar-refractivity contribution >= 4 is 21.8 Å². The van der Waals surface area contributed by atoms with Gasteiger partial charge in [0.05, 0.1) is 25.4 Å². The Balaban J connectivity index is 1.95. The van der Waals surface area contributed by atoms with Gasteiger partial charge < -0.3 is 14.4 Å². The number of carbonyl (C=O) groups is 1. The van der Waals surface area contributed by atoms with Gasteiger partial charge in [0.25, 0.3) is 5.91 Å². The molecule has 1 saturated heterocycles. The number of nitrogens with zero attached hydrogens (tertiary/aromatic N) is 1. The van der Waals surface area contributed by atoms with Gasteiger partial charge in [0.1, 0.15) is 11.6 Å². The first-order chi connectivity index (χ1) is 10.2. The number of alkyl halides is 1. The van der Waals surface area contributed by atoms with Crippen molar-refractivity contribution < 1.29 is 18.7 Å². The molecule has 0 unspecified atom stereocenters. The van der Waals surface area contributed by atoms with Crippen LogP contribution in [0.15, 0.2) is 18.2 Å². The Bertz CT molecular complexity index is 490. The van der Waals surface area contributed by atoms with Gasteiger partial charge >= 0.3 is 0 Å². The van der Waals surface area contributed by atoms with Gasteiger partial charge in [-0.1, -0.05) is 15.9 Å². The molecule has 0 bridgehead atoms. The van der Waals surface area contributed by atoms with Gasteiger partial charge in [0.2, 0.25) is 0 Å². The lowest BCUT2D eigenvalue weighted by atomic mass is 10.1. The SMILES string of the molecule is COc1ccc(C(=O)N2CCC(OCCBr)CC2)c(F)c1. The highest BCUT2D eigenvalue weighted by Crippen LogP contribution is 2.20. The molecule has 1 aliphatic heterocycles. The van der Waals surface area contributed by atoms with Crippen LogP contribution in [0.4, 0.5) is 4.39 Å². The minimum atomic E-state index is -0.544. The number of benzene rings is 1. The highest BCUT2D eigenvalue weighted by Gasteiger charge is 2.25. The van der Waals surface area contributed by atoms with Crippen LogP contribution in [0.3, 0.4) is 0 Å². The Hall–Kier alpha value is -1.14. The number of ether oxygens (including phenoxy) is 2. The van der Waals surface area contributed by atoms with Crippen LogP contribution in [0, 0.1) is 5.82 Å². The van der Waals surface area contributed by atoms with E-state index < -0.39 is 5.82 Å². The number of likely N-dealkylation sites (tertiary alicyclic amines) is 1. The molecule has 4 nitrogen and oxygen atoms in total. The van der Waals surface area contributed by atoms with Crippen molar-refractivity contribution in [3.8, 4) is 5.75 Å². The van der Waals surface area contributed by atoms with E-state index in [-0.39, 0.29) is 17.6 Å². The molecule has 0 N–H and O–H groups in total. The summed E-state index contributed by atoms with van der Waals surface area (Å²) in [5.41, 5.74) is 0.0932. The third-order valence-electron chi connectivity index (χ3n) is 3.57. The summed E-state index contributed by atoms with van der Waals surface area (Å²) in [5, 5.41) is 0.809. The summed E-state index contributed by atoms with van der Waals surface area (Å²) in [6, 6.07) is 4.31. The third kappa shape index (κ3) is 4.17. The third-order valence-corrected chi connectivity index (χ3v) is 3.89. The van der Waals surface area contributed by atoms with Crippen LogP contribution in [-0.4, -0.2) is 49.0 Å². The van der Waals surface area contributed by atoms with E-state index in [1.165, 1.54) is 19.2 Å². The fourth-order valence-electron chi connectivity index (χ4n) is 2.40. The summed E-state index contributed by atoms with van der Waals surface area (Å²) in [7, 11) is 1.47. The Morgan fingerprint density at radius 1 is 1.43 bits per heavy atom. The van der Waals surface area contributed by atoms with E-state index in [0.29, 0.717) is 25.4 Å². The number of rotatable bonds is 5. The highest BCUT2D eigenvalue weighted by atomic mass is 79.9. The molecule has 0 aromatic heterocycles. The van der Waals surface area contributed by atoms with Crippen molar-refractivity contribution in [1.82, 2.24) is 4.90 Å². The number of halogens is 2. The molecule has 2 rings (SSSR count). The van der Waals surface area contributed by atoms with Crippen molar-refractivity contribution in [2.75, 3.05) is 32.1 Å². The molecule has 0 spiro atoms. The minimum Gasteiger partial charge on any atom is -0.497 e. The Morgan fingerprint density at radius 3 is 2.71 bits per heavy atom. The second-order valence-corrected chi connectivity index (χ2v) is 5.69. The topological polar surface area (TPSA) is 38.8 Å². The summed E-state index contributed by atoms with van der Waals surface area (Å²) in [4.78, 5) is 14.0. The second-order valence-electron chi connectivity index (χ2n) is 4.90. The van der Waals surface area contributed by atoms with E-state index >= 15 is 0 Å². The zero-order valence-electron chi connectivity index (χ0n) is 12.0. The first kappa shape index (κ1) is 16.2. The lowest BCUT2D eigenvalue weighted by Crippen LogP contribution is -2.41. The van der Waals surface area contributed by atoms with Crippen LogP contribution in [-0.2, 0) is 4.74 Å². The van der Waals surface area contributed by atoms with Crippen molar-refractivity contribution in [3.05, 3.63) is 29.6 Å². The number of piperidine rings is 1. The molecule has 116 valence electrons. The maximum Gasteiger partial charge on any atom is 0.256 e. The largest absolute Gasteiger partial charge is 0.497 e. The van der Waals surface area contributed by atoms with Crippen LogP contribution >= 0.6 is 15.9 Å².